The van der Waals surface area contributed by atoms with Crippen LogP contribution in [0.4, 0.5) is 11.4 Å². The fourth-order valence-corrected chi connectivity index (χ4v) is 3.38. The Balaban J connectivity index is 1.82. The molecule has 0 aliphatic rings. The number of nitrogens with zero attached hydrogens (tertiary/aromatic N) is 2. The molecule has 3 aromatic rings. The number of nitro groups is 1. The molecule has 33 heavy (non-hydrogen) atoms. The molecular formula is C25H20BrN3O4. The number of anilines is 1. The monoisotopic (exact) mass is 505 g/mol. The van der Waals surface area contributed by atoms with Gasteiger partial charge in [0.15, 0.2) is 0 Å². The number of aryl methyl sites for hydroxylation is 2. The summed E-state index contributed by atoms with van der Waals surface area (Å²) in [4.78, 5) is 23.1. The third kappa shape index (κ3) is 6.28. The maximum Gasteiger partial charge on any atom is 0.269 e. The Labute approximate surface area is 199 Å². The molecule has 0 bridgehead atoms. The standard InChI is InChI=1S/C25H20BrN3O4/c1-16-3-4-17(2)23(11-16)28-25(30)20(14-27)12-19-13-21(26)7-10-24(19)33-15-18-5-8-22(9-6-18)29(31)32/h3-13H,15H2,1-2H3,(H,28,30)/b20-12+. The first kappa shape index (κ1) is 23.7. The van der Waals surface area contributed by atoms with Gasteiger partial charge < -0.3 is 10.1 Å². The van der Waals surface area contributed by atoms with Gasteiger partial charge in [-0.05, 0) is 73.0 Å². The summed E-state index contributed by atoms with van der Waals surface area (Å²) in [5.74, 6) is -0.0590. The van der Waals surface area contributed by atoms with E-state index in [1.54, 1.807) is 30.3 Å². The molecule has 0 heterocycles. The zero-order chi connectivity index (χ0) is 24.0. The predicted molar refractivity (Wildman–Crippen MR) is 130 cm³/mol. The third-order valence-corrected chi connectivity index (χ3v) is 5.31. The highest BCUT2D eigenvalue weighted by atomic mass is 79.9. The minimum absolute atomic E-state index is 0.000431. The molecule has 0 fully saturated rings. The van der Waals surface area contributed by atoms with Crippen LogP contribution in [0.2, 0.25) is 0 Å². The minimum atomic E-state index is -0.521. The summed E-state index contributed by atoms with van der Waals surface area (Å²) in [6.45, 7) is 3.96. The number of nitrogens with one attached hydrogen (secondary N) is 1. The highest BCUT2D eigenvalue weighted by molar-refractivity contribution is 9.10. The molecule has 0 aliphatic carbocycles. The largest absolute Gasteiger partial charge is 0.488 e. The molecule has 0 atom stereocenters. The number of nitro benzene ring substituents is 1. The van der Waals surface area contributed by atoms with Crippen molar-refractivity contribution in [2.24, 2.45) is 0 Å². The van der Waals surface area contributed by atoms with Gasteiger partial charge in [-0.3, -0.25) is 14.9 Å². The zero-order valence-electron chi connectivity index (χ0n) is 18.0. The number of carbonyl (C=O) groups is 1. The average molecular weight is 506 g/mol. The van der Waals surface area contributed by atoms with Crippen molar-refractivity contribution >= 4 is 39.3 Å². The van der Waals surface area contributed by atoms with Crippen molar-refractivity contribution in [3.05, 3.63) is 103 Å². The number of nitriles is 1. The Morgan fingerprint density at radius 2 is 1.88 bits per heavy atom. The van der Waals surface area contributed by atoms with Crippen molar-refractivity contribution in [1.82, 2.24) is 0 Å². The lowest BCUT2D eigenvalue weighted by Crippen LogP contribution is -2.14. The minimum Gasteiger partial charge on any atom is -0.488 e. The molecular weight excluding hydrogens is 486 g/mol. The molecule has 0 spiro atoms. The van der Waals surface area contributed by atoms with Crippen LogP contribution in [0.25, 0.3) is 6.08 Å². The number of halogens is 1. The molecule has 166 valence electrons. The van der Waals surface area contributed by atoms with Crippen LogP contribution in [0.5, 0.6) is 5.75 Å². The molecule has 8 heteroatoms. The van der Waals surface area contributed by atoms with Gasteiger partial charge in [0, 0.05) is 27.9 Å². The van der Waals surface area contributed by atoms with Gasteiger partial charge in [-0.1, -0.05) is 28.1 Å². The van der Waals surface area contributed by atoms with Crippen LogP contribution in [0.15, 0.2) is 70.7 Å². The van der Waals surface area contributed by atoms with Crippen LogP contribution >= 0.6 is 15.9 Å². The van der Waals surface area contributed by atoms with Crippen LogP contribution in [0.3, 0.4) is 0 Å². The molecule has 3 aromatic carbocycles. The van der Waals surface area contributed by atoms with Gasteiger partial charge in [0.1, 0.15) is 24.0 Å². The highest BCUT2D eigenvalue weighted by Crippen LogP contribution is 2.27. The van der Waals surface area contributed by atoms with E-state index in [2.05, 4.69) is 21.2 Å². The van der Waals surface area contributed by atoms with Crippen molar-refractivity contribution in [3.8, 4) is 11.8 Å². The molecule has 0 saturated heterocycles. The van der Waals surface area contributed by atoms with Crippen molar-refractivity contribution < 1.29 is 14.5 Å². The number of rotatable bonds is 7. The van der Waals surface area contributed by atoms with E-state index in [1.807, 2.05) is 38.1 Å². The fourth-order valence-electron chi connectivity index (χ4n) is 3.00. The van der Waals surface area contributed by atoms with Gasteiger partial charge in [-0.2, -0.15) is 5.26 Å². The van der Waals surface area contributed by atoms with E-state index >= 15 is 0 Å². The van der Waals surface area contributed by atoms with Crippen molar-refractivity contribution in [2.45, 2.75) is 20.5 Å². The number of hydrogen-bond acceptors (Lipinski definition) is 5. The number of benzene rings is 3. The third-order valence-electron chi connectivity index (χ3n) is 4.82. The number of carbonyl (C=O) groups excluding carboxylic acids is 1. The summed E-state index contributed by atoms with van der Waals surface area (Å²) in [5.41, 5.74) is 3.73. The number of non-ortho nitro benzene ring substituents is 1. The predicted octanol–water partition coefficient (Wildman–Crippen LogP) is 6.10. The van der Waals surface area contributed by atoms with E-state index in [1.165, 1.54) is 18.2 Å². The van der Waals surface area contributed by atoms with Gasteiger partial charge in [-0.25, -0.2) is 0 Å². The molecule has 1 N–H and O–H groups in total. The second-order valence-corrected chi connectivity index (χ2v) is 8.25. The van der Waals surface area contributed by atoms with Crippen molar-refractivity contribution in [2.75, 3.05) is 5.32 Å². The Bertz CT molecular complexity index is 1280. The Morgan fingerprint density at radius 1 is 1.15 bits per heavy atom. The highest BCUT2D eigenvalue weighted by Gasteiger charge is 2.13. The molecule has 0 radical (unpaired) electrons. The van der Waals surface area contributed by atoms with Gasteiger partial charge in [0.25, 0.3) is 11.6 Å². The van der Waals surface area contributed by atoms with E-state index < -0.39 is 10.8 Å². The van der Waals surface area contributed by atoms with Crippen LogP contribution in [-0.2, 0) is 11.4 Å². The SMILES string of the molecule is Cc1ccc(C)c(NC(=O)/C(C#N)=C/c2cc(Br)ccc2OCc2ccc([N+](=O)[O-])cc2)c1. The van der Waals surface area contributed by atoms with Crippen LogP contribution in [0.1, 0.15) is 22.3 Å². The topological polar surface area (TPSA) is 105 Å². The molecule has 0 unspecified atom stereocenters. The van der Waals surface area contributed by atoms with E-state index in [0.717, 1.165) is 21.2 Å². The second-order valence-electron chi connectivity index (χ2n) is 7.34. The molecule has 0 saturated carbocycles. The van der Waals surface area contributed by atoms with Crippen LogP contribution in [0, 0.1) is 35.3 Å². The van der Waals surface area contributed by atoms with Gasteiger partial charge in [0.2, 0.25) is 0 Å². The molecule has 0 aromatic heterocycles. The Hall–Kier alpha value is -3.96. The summed E-state index contributed by atoms with van der Waals surface area (Å²) in [6, 6.07) is 18.9. The van der Waals surface area contributed by atoms with Gasteiger partial charge in [0.05, 0.1) is 4.92 Å². The van der Waals surface area contributed by atoms with Crippen molar-refractivity contribution in [3.63, 3.8) is 0 Å². The lowest BCUT2D eigenvalue weighted by Gasteiger charge is -2.11. The van der Waals surface area contributed by atoms with Gasteiger partial charge >= 0.3 is 0 Å². The number of ether oxygens (including phenoxy) is 1. The molecule has 1 amide bonds. The zero-order valence-corrected chi connectivity index (χ0v) is 19.5. The lowest BCUT2D eigenvalue weighted by atomic mass is 10.1. The van der Waals surface area contributed by atoms with Crippen molar-refractivity contribution in [1.29, 1.82) is 5.26 Å². The smallest absolute Gasteiger partial charge is 0.269 e. The maximum atomic E-state index is 12.8. The Morgan fingerprint density at radius 3 is 2.55 bits per heavy atom. The summed E-state index contributed by atoms with van der Waals surface area (Å²) in [7, 11) is 0. The number of amides is 1. The first-order chi connectivity index (χ1) is 15.8. The second kappa shape index (κ2) is 10.6. The molecule has 3 rings (SSSR count). The van der Waals surface area contributed by atoms with E-state index in [-0.39, 0.29) is 17.9 Å². The molecule has 7 nitrogen and oxygen atoms in total. The summed E-state index contributed by atoms with van der Waals surface area (Å²) in [6.07, 6.45) is 1.47. The first-order valence-corrected chi connectivity index (χ1v) is 10.7. The van der Waals surface area contributed by atoms with Crippen LogP contribution in [-0.4, -0.2) is 10.8 Å². The summed E-state index contributed by atoms with van der Waals surface area (Å²) >= 11 is 3.40. The van der Waals surface area contributed by atoms with Crippen LogP contribution < -0.4 is 10.1 Å². The number of hydrogen-bond donors (Lipinski definition) is 1. The van der Waals surface area contributed by atoms with Gasteiger partial charge in [-0.15, -0.1) is 0 Å². The Kier molecular flexibility index (Phi) is 7.59. The normalized spacial score (nSPS) is 10.9. The summed E-state index contributed by atoms with van der Waals surface area (Å²) < 4.78 is 6.63. The molecule has 0 aliphatic heterocycles. The van der Waals surface area contributed by atoms with E-state index in [0.29, 0.717) is 17.0 Å². The maximum absolute atomic E-state index is 12.8. The van der Waals surface area contributed by atoms with E-state index in [4.69, 9.17) is 4.74 Å². The quantitative estimate of drug-likeness (QED) is 0.181. The lowest BCUT2D eigenvalue weighted by molar-refractivity contribution is -0.384. The summed E-state index contributed by atoms with van der Waals surface area (Å²) in [5, 5.41) is 23.2. The average Bonchev–Trinajstić information content (AvgIpc) is 2.79. The van der Waals surface area contributed by atoms with E-state index in [9.17, 15) is 20.2 Å². The fraction of sp³-hybridized carbons (Fsp3) is 0.120. The first-order valence-electron chi connectivity index (χ1n) is 9.93.